The summed E-state index contributed by atoms with van der Waals surface area (Å²) in [5.74, 6) is -1.14. The van der Waals surface area contributed by atoms with E-state index in [0.717, 1.165) is 0 Å². The molecule has 5 nitrogen and oxygen atoms in total. The average Bonchev–Trinajstić information content (AvgIpc) is 2.37. The molecular formula is C13H18N2O3. The number of rotatable bonds is 5. The normalized spacial score (nSPS) is 11.9. The van der Waals surface area contributed by atoms with Gasteiger partial charge in [0.25, 0.3) is 0 Å². The third-order valence-corrected chi connectivity index (χ3v) is 2.85. The first-order valence-electron chi connectivity index (χ1n) is 5.78. The number of nitrogens with two attached hydrogens (primary N) is 1. The molecule has 1 amide bonds. The van der Waals surface area contributed by atoms with Gasteiger partial charge in [-0.05, 0) is 37.2 Å². The van der Waals surface area contributed by atoms with Crippen molar-refractivity contribution in [3.05, 3.63) is 29.8 Å². The van der Waals surface area contributed by atoms with Crippen LogP contribution in [0, 0.1) is 5.92 Å². The molecule has 0 aliphatic rings. The Balaban J connectivity index is 2.80. The maximum atomic E-state index is 12.0. The van der Waals surface area contributed by atoms with Gasteiger partial charge in [-0.15, -0.1) is 0 Å². The lowest BCUT2D eigenvalue weighted by atomic mass is 10.1. The fourth-order valence-electron chi connectivity index (χ4n) is 1.66. The highest BCUT2D eigenvalue weighted by atomic mass is 16.4. The highest BCUT2D eigenvalue weighted by molar-refractivity contribution is 5.95. The van der Waals surface area contributed by atoms with E-state index in [2.05, 4.69) is 0 Å². The van der Waals surface area contributed by atoms with Gasteiger partial charge < -0.3 is 15.7 Å². The Morgan fingerprint density at radius 1 is 1.33 bits per heavy atom. The Kier molecular flexibility index (Phi) is 4.85. The topological polar surface area (TPSA) is 83.6 Å². The molecule has 0 aliphatic carbocycles. The van der Waals surface area contributed by atoms with Crippen molar-refractivity contribution in [3.63, 3.8) is 0 Å². The third-order valence-electron chi connectivity index (χ3n) is 2.85. The second kappa shape index (κ2) is 6.16. The van der Waals surface area contributed by atoms with Crippen molar-refractivity contribution in [2.75, 3.05) is 18.5 Å². The van der Waals surface area contributed by atoms with Crippen molar-refractivity contribution in [2.24, 2.45) is 11.7 Å². The summed E-state index contributed by atoms with van der Waals surface area (Å²) in [7, 11) is 1.67. The minimum absolute atomic E-state index is 0.0245. The summed E-state index contributed by atoms with van der Waals surface area (Å²) < 4.78 is 0. The van der Waals surface area contributed by atoms with E-state index in [0.29, 0.717) is 18.7 Å². The van der Waals surface area contributed by atoms with Gasteiger partial charge in [0.1, 0.15) is 0 Å². The molecule has 0 spiro atoms. The predicted octanol–water partition coefficient (Wildman–Crippen LogP) is 1.33. The molecule has 3 N–H and O–H groups in total. The van der Waals surface area contributed by atoms with Gasteiger partial charge in [-0.25, -0.2) is 4.79 Å². The first-order valence-corrected chi connectivity index (χ1v) is 5.78. The number of hydrogen-bond donors (Lipinski definition) is 2. The zero-order valence-electron chi connectivity index (χ0n) is 10.6. The van der Waals surface area contributed by atoms with Crippen LogP contribution in [0.1, 0.15) is 23.7 Å². The fraction of sp³-hybridized carbons (Fsp3) is 0.385. The third kappa shape index (κ3) is 3.30. The summed E-state index contributed by atoms with van der Waals surface area (Å²) >= 11 is 0. The number of nitrogens with zero attached hydrogens (tertiary/aromatic N) is 1. The molecule has 0 aliphatic heterocycles. The number of carbonyl (C=O) groups excluding carboxylic acids is 1. The monoisotopic (exact) mass is 250 g/mol. The van der Waals surface area contributed by atoms with Crippen LogP contribution in [0.4, 0.5) is 5.69 Å². The molecule has 0 radical (unpaired) electrons. The number of aromatic carboxylic acids is 1. The van der Waals surface area contributed by atoms with Crippen molar-refractivity contribution < 1.29 is 14.7 Å². The molecule has 18 heavy (non-hydrogen) atoms. The van der Waals surface area contributed by atoms with Crippen LogP contribution in [0.15, 0.2) is 24.3 Å². The summed E-state index contributed by atoms with van der Waals surface area (Å²) in [5, 5.41) is 8.79. The van der Waals surface area contributed by atoms with E-state index in [1.165, 1.54) is 17.0 Å². The maximum absolute atomic E-state index is 12.0. The Bertz CT molecular complexity index is 428. The number of amides is 1. The first kappa shape index (κ1) is 14.2. The SMILES string of the molecule is CC(CCN)C(=O)N(C)c1ccc(C(=O)O)cc1. The van der Waals surface area contributed by atoms with E-state index < -0.39 is 5.97 Å². The van der Waals surface area contributed by atoms with Gasteiger partial charge >= 0.3 is 5.97 Å². The molecule has 0 heterocycles. The van der Waals surface area contributed by atoms with Gasteiger partial charge in [0.2, 0.25) is 5.91 Å². The van der Waals surface area contributed by atoms with E-state index in [-0.39, 0.29) is 17.4 Å². The van der Waals surface area contributed by atoms with Crippen LogP contribution in [-0.2, 0) is 4.79 Å². The highest BCUT2D eigenvalue weighted by Gasteiger charge is 2.18. The summed E-state index contributed by atoms with van der Waals surface area (Å²) in [5.41, 5.74) is 6.30. The standard InChI is InChI=1S/C13H18N2O3/c1-9(7-8-14)12(16)15(2)11-5-3-10(4-6-11)13(17)18/h3-6,9H,7-8,14H2,1-2H3,(H,17,18). The van der Waals surface area contributed by atoms with Gasteiger partial charge in [0.15, 0.2) is 0 Å². The molecule has 1 aromatic rings. The Hall–Kier alpha value is -1.88. The van der Waals surface area contributed by atoms with E-state index in [1.807, 2.05) is 6.92 Å². The predicted molar refractivity (Wildman–Crippen MR) is 69.6 cm³/mol. The molecule has 1 unspecified atom stereocenters. The maximum Gasteiger partial charge on any atom is 0.335 e. The second-order valence-corrected chi connectivity index (χ2v) is 4.23. The van der Waals surface area contributed by atoms with Crippen molar-refractivity contribution >= 4 is 17.6 Å². The van der Waals surface area contributed by atoms with Crippen molar-refractivity contribution in [3.8, 4) is 0 Å². The average molecular weight is 250 g/mol. The number of anilines is 1. The number of hydrogen-bond acceptors (Lipinski definition) is 3. The molecule has 0 fully saturated rings. The lowest BCUT2D eigenvalue weighted by Crippen LogP contribution is -2.32. The second-order valence-electron chi connectivity index (χ2n) is 4.23. The van der Waals surface area contributed by atoms with Crippen LogP contribution in [0.25, 0.3) is 0 Å². The molecule has 1 rings (SSSR count). The van der Waals surface area contributed by atoms with E-state index in [1.54, 1.807) is 19.2 Å². The zero-order chi connectivity index (χ0) is 13.7. The molecular weight excluding hydrogens is 232 g/mol. The summed E-state index contributed by atoms with van der Waals surface area (Å²) in [4.78, 5) is 24.2. The van der Waals surface area contributed by atoms with E-state index >= 15 is 0 Å². The molecule has 0 bridgehead atoms. The molecule has 1 atom stereocenters. The number of carbonyl (C=O) groups is 2. The van der Waals surface area contributed by atoms with Gasteiger partial charge in [-0.1, -0.05) is 6.92 Å². The van der Waals surface area contributed by atoms with Gasteiger partial charge in [-0.3, -0.25) is 4.79 Å². The number of benzene rings is 1. The lowest BCUT2D eigenvalue weighted by Gasteiger charge is -2.21. The van der Waals surface area contributed by atoms with Crippen molar-refractivity contribution in [2.45, 2.75) is 13.3 Å². The largest absolute Gasteiger partial charge is 0.478 e. The van der Waals surface area contributed by atoms with Crippen LogP contribution in [-0.4, -0.2) is 30.6 Å². The highest BCUT2D eigenvalue weighted by Crippen LogP contribution is 2.17. The summed E-state index contributed by atoms with van der Waals surface area (Å²) in [6.07, 6.45) is 0.635. The molecule has 5 heteroatoms. The molecule has 0 aromatic heterocycles. The first-order chi connectivity index (χ1) is 8.47. The smallest absolute Gasteiger partial charge is 0.335 e. The Labute approximate surface area is 106 Å². The van der Waals surface area contributed by atoms with Crippen LogP contribution < -0.4 is 10.6 Å². The van der Waals surface area contributed by atoms with E-state index in [4.69, 9.17) is 10.8 Å². The Morgan fingerprint density at radius 2 is 1.89 bits per heavy atom. The quantitative estimate of drug-likeness (QED) is 0.825. The minimum atomic E-state index is -0.980. The van der Waals surface area contributed by atoms with Crippen LogP contribution in [0.3, 0.4) is 0 Å². The number of carboxylic acid groups (broad SMARTS) is 1. The zero-order valence-corrected chi connectivity index (χ0v) is 10.6. The van der Waals surface area contributed by atoms with Gasteiger partial charge in [-0.2, -0.15) is 0 Å². The van der Waals surface area contributed by atoms with Gasteiger partial charge in [0.05, 0.1) is 5.56 Å². The van der Waals surface area contributed by atoms with E-state index in [9.17, 15) is 9.59 Å². The molecule has 1 aromatic carbocycles. The van der Waals surface area contributed by atoms with Crippen molar-refractivity contribution in [1.82, 2.24) is 0 Å². The van der Waals surface area contributed by atoms with Crippen LogP contribution in [0.2, 0.25) is 0 Å². The number of carboxylic acids is 1. The summed E-state index contributed by atoms with van der Waals surface area (Å²) in [6, 6.07) is 6.21. The Morgan fingerprint density at radius 3 is 2.33 bits per heavy atom. The summed E-state index contributed by atoms with van der Waals surface area (Å²) in [6.45, 7) is 2.30. The lowest BCUT2D eigenvalue weighted by molar-refractivity contribution is -0.121. The fourth-order valence-corrected chi connectivity index (χ4v) is 1.66. The minimum Gasteiger partial charge on any atom is -0.478 e. The molecule has 0 saturated heterocycles. The van der Waals surface area contributed by atoms with Crippen molar-refractivity contribution in [1.29, 1.82) is 0 Å². The van der Waals surface area contributed by atoms with Gasteiger partial charge in [0, 0.05) is 18.7 Å². The molecule has 0 saturated carbocycles. The molecule has 98 valence electrons. The van der Waals surface area contributed by atoms with Crippen LogP contribution >= 0.6 is 0 Å². The van der Waals surface area contributed by atoms with Crippen LogP contribution in [0.5, 0.6) is 0 Å².